The minimum atomic E-state index is -0.170. The van der Waals surface area contributed by atoms with Gasteiger partial charge < -0.3 is 15.2 Å². The number of thioether (sulfide) groups is 1. The zero-order valence-corrected chi connectivity index (χ0v) is 19.2. The summed E-state index contributed by atoms with van der Waals surface area (Å²) in [6, 6.07) is 14.2. The van der Waals surface area contributed by atoms with Crippen LogP contribution in [-0.2, 0) is 11.8 Å². The second-order valence-electron chi connectivity index (χ2n) is 7.48. The van der Waals surface area contributed by atoms with Crippen LogP contribution in [-0.4, -0.2) is 27.1 Å². The molecular weight excluding hydrogens is 432 g/mol. The molecule has 1 unspecified atom stereocenters. The third kappa shape index (κ3) is 6.35. The number of nitrogens with one attached hydrogen (secondary N) is 2. The van der Waals surface area contributed by atoms with Crippen LogP contribution in [0.1, 0.15) is 35.8 Å². The first-order valence-corrected chi connectivity index (χ1v) is 11.3. The van der Waals surface area contributed by atoms with E-state index in [2.05, 4.69) is 29.5 Å². The molecule has 0 fully saturated rings. The first kappa shape index (κ1) is 22.9. The van der Waals surface area contributed by atoms with Gasteiger partial charge in [0.2, 0.25) is 5.91 Å². The van der Waals surface area contributed by atoms with Gasteiger partial charge in [-0.1, -0.05) is 49.3 Å². The Kier molecular flexibility index (Phi) is 7.76. The van der Waals surface area contributed by atoms with Gasteiger partial charge in [-0.15, -0.1) is 0 Å². The molecule has 2 amide bonds. The SMILES string of the molecule is CC(C)C(NC(=O)c1ccc(NC(=O)CSc2nccn2C)cc1)c1ccc(Cl)cc1. The van der Waals surface area contributed by atoms with Crippen LogP contribution in [0.3, 0.4) is 0 Å². The maximum atomic E-state index is 12.8. The van der Waals surface area contributed by atoms with Crippen LogP contribution in [0.2, 0.25) is 5.02 Å². The highest BCUT2D eigenvalue weighted by molar-refractivity contribution is 7.99. The van der Waals surface area contributed by atoms with E-state index in [1.54, 1.807) is 30.5 Å². The summed E-state index contributed by atoms with van der Waals surface area (Å²) >= 11 is 7.34. The van der Waals surface area contributed by atoms with E-state index in [1.807, 2.05) is 42.1 Å². The van der Waals surface area contributed by atoms with Crippen LogP contribution in [0.5, 0.6) is 0 Å². The van der Waals surface area contributed by atoms with Gasteiger partial charge in [0.15, 0.2) is 5.16 Å². The van der Waals surface area contributed by atoms with E-state index in [9.17, 15) is 9.59 Å². The minimum Gasteiger partial charge on any atom is -0.345 e. The molecule has 0 radical (unpaired) electrons. The Morgan fingerprint density at radius 1 is 1.10 bits per heavy atom. The quantitative estimate of drug-likeness (QED) is 0.471. The van der Waals surface area contributed by atoms with Crippen LogP contribution in [0.15, 0.2) is 66.1 Å². The highest BCUT2D eigenvalue weighted by Crippen LogP contribution is 2.24. The van der Waals surface area contributed by atoms with Crippen molar-refractivity contribution in [2.75, 3.05) is 11.1 Å². The number of carbonyl (C=O) groups is 2. The van der Waals surface area contributed by atoms with E-state index in [4.69, 9.17) is 11.6 Å². The van der Waals surface area contributed by atoms with Crippen molar-refractivity contribution in [1.29, 1.82) is 0 Å². The fourth-order valence-electron chi connectivity index (χ4n) is 3.05. The molecule has 6 nitrogen and oxygen atoms in total. The summed E-state index contributed by atoms with van der Waals surface area (Å²) in [4.78, 5) is 29.1. The second-order valence-corrected chi connectivity index (χ2v) is 8.86. The zero-order valence-electron chi connectivity index (χ0n) is 17.6. The first-order valence-electron chi connectivity index (χ1n) is 9.90. The van der Waals surface area contributed by atoms with Crippen LogP contribution in [0.4, 0.5) is 5.69 Å². The fraction of sp³-hybridized carbons (Fsp3) is 0.261. The van der Waals surface area contributed by atoms with Crippen molar-refractivity contribution in [2.45, 2.75) is 25.0 Å². The van der Waals surface area contributed by atoms with E-state index in [1.165, 1.54) is 11.8 Å². The Labute approximate surface area is 191 Å². The number of anilines is 1. The van der Waals surface area contributed by atoms with Crippen molar-refractivity contribution in [2.24, 2.45) is 13.0 Å². The van der Waals surface area contributed by atoms with Crippen molar-refractivity contribution >= 4 is 40.9 Å². The van der Waals surface area contributed by atoms with E-state index in [0.29, 0.717) is 16.3 Å². The maximum absolute atomic E-state index is 12.8. The fourth-order valence-corrected chi connectivity index (χ4v) is 3.91. The third-order valence-electron chi connectivity index (χ3n) is 4.72. The average Bonchev–Trinajstić information content (AvgIpc) is 3.16. The number of amides is 2. The molecule has 162 valence electrons. The lowest BCUT2D eigenvalue weighted by atomic mass is 9.95. The lowest BCUT2D eigenvalue weighted by Crippen LogP contribution is -2.31. The van der Waals surface area contributed by atoms with Gasteiger partial charge in [0.25, 0.3) is 5.91 Å². The molecule has 0 saturated carbocycles. The van der Waals surface area contributed by atoms with Gasteiger partial charge >= 0.3 is 0 Å². The molecule has 0 bridgehead atoms. The lowest BCUT2D eigenvalue weighted by Gasteiger charge is -2.23. The molecule has 0 aliphatic carbocycles. The summed E-state index contributed by atoms with van der Waals surface area (Å²) in [5.74, 6) is 0.161. The molecule has 0 saturated heterocycles. The van der Waals surface area contributed by atoms with Gasteiger partial charge in [0, 0.05) is 35.7 Å². The highest BCUT2D eigenvalue weighted by atomic mass is 35.5. The van der Waals surface area contributed by atoms with Crippen LogP contribution < -0.4 is 10.6 Å². The number of rotatable bonds is 8. The number of benzene rings is 2. The van der Waals surface area contributed by atoms with Gasteiger partial charge in [0.1, 0.15) is 0 Å². The first-order chi connectivity index (χ1) is 14.8. The van der Waals surface area contributed by atoms with E-state index >= 15 is 0 Å². The van der Waals surface area contributed by atoms with Crippen molar-refractivity contribution < 1.29 is 9.59 Å². The normalized spacial score (nSPS) is 11.9. The van der Waals surface area contributed by atoms with E-state index in [-0.39, 0.29) is 29.5 Å². The van der Waals surface area contributed by atoms with Crippen LogP contribution in [0.25, 0.3) is 0 Å². The second kappa shape index (κ2) is 10.5. The molecule has 0 aliphatic heterocycles. The molecule has 3 rings (SSSR count). The third-order valence-corrected chi connectivity index (χ3v) is 6.03. The molecule has 1 heterocycles. The lowest BCUT2D eigenvalue weighted by molar-refractivity contribution is -0.113. The largest absolute Gasteiger partial charge is 0.345 e. The molecule has 2 aromatic carbocycles. The summed E-state index contributed by atoms with van der Waals surface area (Å²) in [7, 11) is 1.88. The van der Waals surface area contributed by atoms with Crippen LogP contribution >= 0.6 is 23.4 Å². The molecule has 8 heteroatoms. The van der Waals surface area contributed by atoms with Crippen molar-refractivity contribution in [3.63, 3.8) is 0 Å². The average molecular weight is 457 g/mol. The molecule has 0 spiro atoms. The van der Waals surface area contributed by atoms with Gasteiger partial charge in [-0.2, -0.15) is 0 Å². The maximum Gasteiger partial charge on any atom is 0.251 e. The van der Waals surface area contributed by atoms with Gasteiger partial charge in [-0.05, 0) is 47.9 Å². The Balaban J connectivity index is 1.58. The van der Waals surface area contributed by atoms with Crippen molar-refractivity contribution in [3.8, 4) is 0 Å². The molecule has 1 aromatic heterocycles. The molecule has 0 aliphatic rings. The predicted molar refractivity (Wildman–Crippen MR) is 126 cm³/mol. The molecule has 2 N–H and O–H groups in total. The Hall–Kier alpha value is -2.77. The topological polar surface area (TPSA) is 76.0 Å². The minimum absolute atomic E-state index is 0.132. The van der Waals surface area contributed by atoms with E-state index < -0.39 is 0 Å². The molecule has 31 heavy (non-hydrogen) atoms. The Morgan fingerprint density at radius 3 is 2.35 bits per heavy atom. The smallest absolute Gasteiger partial charge is 0.251 e. The summed E-state index contributed by atoms with van der Waals surface area (Å²) in [6.45, 7) is 4.11. The summed E-state index contributed by atoms with van der Waals surface area (Å²) < 4.78 is 1.86. The number of imidazole rings is 1. The summed E-state index contributed by atoms with van der Waals surface area (Å²) in [5.41, 5.74) is 2.17. The Bertz CT molecular complexity index is 1030. The molecular formula is C23H25ClN4O2S. The number of nitrogens with zero attached hydrogens (tertiary/aromatic N) is 2. The number of hydrogen-bond donors (Lipinski definition) is 2. The van der Waals surface area contributed by atoms with E-state index in [0.717, 1.165) is 10.7 Å². The number of halogens is 1. The van der Waals surface area contributed by atoms with Crippen molar-refractivity contribution in [3.05, 3.63) is 77.1 Å². The Morgan fingerprint density at radius 2 is 1.77 bits per heavy atom. The van der Waals surface area contributed by atoms with Crippen LogP contribution in [0, 0.1) is 5.92 Å². The standard InChI is InChI=1S/C23H25ClN4O2S/c1-15(2)21(16-4-8-18(24)9-5-16)27-22(30)17-6-10-19(11-7-17)26-20(29)14-31-23-25-12-13-28(23)3/h4-13,15,21H,14H2,1-3H3,(H,26,29)(H,27,30). The number of aryl methyl sites for hydroxylation is 1. The van der Waals surface area contributed by atoms with Gasteiger partial charge in [-0.25, -0.2) is 4.98 Å². The summed E-state index contributed by atoms with van der Waals surface area (Å²) in [6.07, 6.45) is 3.53. The van der Waals surface area contributed by atoms with Crippen molar-refractivity contribution in [1.82, 2.24) is 14.9 Å². The van der Waals surface area contributed by atoms with Gasteiger partial charge in [-0.3, -0.25) is 9.59 Å². The summed E-state index contributed by atoms with van der Waals surface area (Å²) in [5, 5.41) is 7.37. The number of carbonyl (C=O) groups excluding carboxylic acids is 2. The number of hydrogen-bond acceptors (Lipinski definition) is 4. The molecule has 3 aromatic rings. The predicted octanol–water partition coefficient (Wildman–Crippen LogP) is 4.93. The monoisotopic (exact) mass is 456 g/mol. The van der Waals surface area contributed by atoms with Gasteiger partial charge in [0.05, 0.1) is 11.8 Å². The molecule has 1 atom stereocenters. The number of aromatic nitrogens is 2. The highest BCUT2D eigenvalue weighted by Gasteiger charge is 2.19. The zero-order chi connectivity index (χ0) is 22.4.